The van der Waals surface area contributed by atoms with Crippen LogP contribution in [0.3, 0.4) is 0 Å². The van der Waals surface area contributed by atoms with Crippen LogP contribution in [0.2, 0.25) is 0 Å². The number of hydrogen-bond acceptors (Lipinski definition) is 5. The molecule has 0 saturated heterocycles. The van der Waals surface area contributed by atoms with Gasteiger partial charge in [0.05, 0.1) is 6.54 Å². The third-order valence-corrected chi connectivity index (χ3v) is 5.64. The molecule has 5 nitrogen and oxygen atoms in total. The van der Waals surface area contributed by atoms with Crippen LogP contribution in [0.15, 0.2) is 48.5 Å². The zero-order chi connectivity index (χ0) is 18.8. The van der Waals surface area contributed by atoms with E-state index in [2.05, 4.69) is 45.5 Å². The van der Waals surface area contributed by atoms with Crippen LogP contribution in [0, 0.1) is 5.82 Å². The first kappa shape index (κ1) is 17.6. The smallest absolute Gasteiger partial charge is 0.286 e. The van der Waals surface area contributed by atoms with Crippen LogP contribution >= 0.6 is 11.3 Å². The van der Waals surface area contributed by atoms with E-state index in [1.165, 1.54) is 46.9 Å². The number of aromatic nitrogens is 2. The van der Waals surface area contributed by atoms with Gasteiger partial charge in [0.2, 0.25) is 5.01 Å². The normalized spacial score (nSPS) is 16.1. The summed E-state index contributed by atoms with van der Waals surface area (Å²) in [6, 6.07) is 14.4. The Morgan fingerprint density at radius 2 is 2.00 bits per heavy atom. The fraction of sp³-hybridized carbons (Fsp3) is 0.250. The fourth-order valence-corrected chi connectivity index (χ4v) is 4.01. The predicted molar refractivity (Wildman–Crippen MR) is 105 cm³/mol. The highest BCUT2D eigenvalue weighted by molar-refractivity contribution is 7.13. The van der Waals surface area contributed by atoms with Gasteiger partial charge in [-0.3, -0.25) is 4.79 Å². The van der Waals surface area contributed by atoms with Crippen molar-refractivity contribution in [2.75, 3.05) is 10.2 Å². The molecule has 0 saturated carbocycles. The van der Waals surface area contributed by atoms with Gasteiger partial charge in [0, 0.05) is 17.4 Å². The zero-order valence-electron chi connectivity index (χ0n) is 14.9. The quantitative estimate of drug-likeness (QED) is 0.732. The predicted octanol–water partition coefficient (Wildman–Crippen LogP) is 4.27. The lowest BCUT2D eigenvalue weighted by molar-refractivity contribution is 0.102. The van der Waals surface area contributed by atoms with E-state index in [0.29, 0.717) is 23.3 Å². The van der Waals surface area contributed by atoms with Gasteiger partial charge in [-0.1, -0.05) is 29.5 Å². The van der Waals surface area contributed by atoms with Crippen LogP contribution in [0.4, 0.5) is 15.8 Å². The van der Waals surface area contributed by atoms with Crippen LogP contribution in [0.5, 0.6) is 0 Å². The maximum atomic E-state index is 13.0. The molecule has 0 bridgehead atoms. The molecule has 4 rings (SSSR count). The van der Waals surface area contributed by atoms with E-state index >= 15 is 0 Å². The van der Waals surface area contributed by atoms with E-state index in [4.69, 9.17) is 0 Å². The van der Waals surface area contributed by atoms with Crippen LogP contribution in [0.1, 0.15) is 33.7 Å². The van der Waals surface area contributed by atoms with Crippen molar-refractivity contribution in [1.29, 1.82) is 0 Å². The van der Waals surface area contributed by atoms with Crippen LogP contribution in [-0.4, -0.2) is 22.1 Å². The third kappa shape index (κ3) is 3.83. The van der Waals surface area contributed by atoms with E-state index < -0.39 is 0 Å². The minimum absolute atomic E-state index is 0.298. The number of anilines is 2. The molecular formula is C20H19FN4OS. The van der Waals surface area contributed by atoms with Gasteiger partial charge in [0.15, 0.2) is 0 Å². The van der Waals surface area contributed by atoms with Crippen molar-refractivity contribution in [1.82, 2.24) is 10.2 Å². The zero-order valence-corrected chi connectivity index (χ0v) is 15.7. The number of fused-ring (bicyclic) bond motifs is 1. The molecule has 1 N–H and O–H groups in total. The Kier molecular flexibility index (Phi) is 4.85. The lowest BCUT2D eigenvalue weighted by atomic mass is 9.97. The standard InChI is InChI=1S/C20H19FN4OS/c1-13-6-7-14-4-2-3-5-17(14)25(13)12-18-23-24-20(27-18)19(26)22-16-10-8-15(21)9-11-16/h2-5,8-11,13H,6-7,12H2,1H3,(H,22,26)/t13-/m0/s1. The van der Waals surface area contributed by atoms with Crippen LogP contribution in [0.25, 0.3) is 0 Å². The van der Waals surface area contributed by atoms with Crippen LogP contribution in [-0.2, 0) is 13.0 Å². The highest BCUT2D eigenvalue weighted by atomic mass is 32.1. The Balaban J connectivity index is 1.48. The third-order valence-electron chi connectivity index (χ3n) is 4.73. The number of carbonyl (C=O) groups is 1. The summed E-state index contributed by atoms with van der Waals surface area (Å²) >= 11 is 1.28. The Morgan fingerprint density at radius 1 is 1.22 bits per heavy atom. The molecule has 0 fully saturated rings. The van der Waals surface area contributed by atoms with Crippen molar-refractivity contribution in [3.05, 3.63) is 69.9 Å². The molecule has 0 aliphatic carbocycles. The second-order valence-electron chi connectivity index (χ2n) is 6.61. The van der Waals surface area contributed by atoms with Gasteiger partial charge in [-0.05, 0) is 55.7 Å². The number of hydrogen-bond donors (Lipinski definition) is 1. The molecule has 1 aliphatic rings. The topological polar surface area (TPSA) is 58.1 Å². The second-order valence-corrected chi connectivity index (χ2v) is 7.67. The van der Waals surface area contributed by atoms with Crippen molar-refractivity contribution in [2.24, 2.45) is 0 Å². The van der Waals surface area contributed by atoms with Crippen molar-refractivity contribution in [2.45, 2.75) is 32.4 Å². The molecule has 0 spiro atoms. The Labute approximate surface area is 160 Å². The highest BCUT2D eigenvalue weighted by Crippen LogP contribution is 2.32. The minimum Gasteiger partial charge on any atom is -0.362 e. The lowest BCUT2D eigenvalue weighted by Gasteiger charge is -2.36. The molecule has 7 heteroatoms. The van der Waals surface area contributed by atoms with Crippen molar-refractivity contribution < 1.29 is 9.18 Å². The molecule has 2 heterocycles. The number of rotatable bonds is 4. The molecule has 1 atom stereocenters. The number of amides is 1. The summed E-state index contributed by atoms with van der Waals surface area (Å²) in [5.74, 6) is -0.681. The average Bonchev–Trinajstić information content (AvgIpc) is 3.15. The van der Waals surface area contributed by atoms with E-state index in [9.17, 15) is 9.18 Å². The number of benzene rings is 2. The average molecular weight is 382 g/mol. The van der Waals surface area contributed by atoms with Gasteiger partial charge in [0.25, 0.3) is 5.91 Å². The summed E-state index contributed by atoms with van der Waals surface area (Å²) in [4.78, 5) is 14.7. The van der Waals surface area contributed by atoms with E-state index in [-0.39, 0.29) is 11.7 Å². The summed E-state index contributed by atoms with van der Waals surface area (Å²) < 4.78 is 13.0. The largest absolute Gasteiger partial charge is 0.362 e. The monoisotopic (exact) mass is 382 g/mol. The lowest BCUT2D eigenvalue weighted by Crippen LogP contribution is -2.36. The molecule has 27 heavy (non-hydrogen) atoms. The number of nitrogens with one attached hydrogen (secondary N) is 1. The molecule has 1 amide bonds. The van der Waals surface area contributed by atoms with Gasteiger partial charge in [0.1, 0.15) is 10.8 Å². The SMILES string of the molecule is C[C@H]1CCc2ccccc2N1Cc1nnc(C(=O)Nc2ccc(F)cc2)s1. The van der Waals surface area contributed by atoms with Crippen molar-refractivity contribution >= 4 is 28.6 Å². The van der Waals surface area contributed by atoms with Gasteiger partial charge in [-0.15, -0.1) is 10.2 Å². The summed E-state index contributed by atoms with van der Waals surface area (Å²) in [5, 5.41) is 12.0. The molecular weight excluding hydrogens is 363 g/mol. The second kappa shape index (κ2) is 7.44. The van der Waals surface area contributed by atoms with Crippen molar-refractivity contribution in [3.8, 4) is 0 Å². The van der Waals surface area contributed by atoms with Crippen LogP contribution < -0.4 is 10.2 Å². The summed E-state index contributed by atoms with van der Waals surface area (Å²) in [7, 11) is 0. The Bertz CT molecular complexity index is 957. The molecule has 0 unspecified atom stereocenters. The van der Waals surface area contributed by atoms with Gasteiger partial charge >= 0.3 is 0 Å². The first-order chi connectivity index (χ1) is 13.1. The van der Waals surface area contributed by atoms with Gasteiger partial charge < -0.3 is 10.2 Å². The molecule has 3 aromatic rings. The molecule has 0 radical (unpaired) electrons. The maximum absolute atomic E-state index is 13.0. The number of para-hydroxylation sites is 1. The molecule has 138 valence electrons. The summed E-state index contributed by atoms with van der Waals surface area (Å²) in [5.41, 5.74) is 3.09. The molecule has 1 aromatic heterocycles. The number of nitrogens with zero attached hydrogens (tertiary/aromatic N) is 3. The first-order valence-corrected chi connectivity index (χ1v) is 9.65. The highest BCUT2D eigenvalue weighted by Gasteiger charge is 2.24. The number of aryl methyl sites for hydroxylation is 1. The van der Waals surface area contributed by atoms with E-state index in [1.54, 1.807) is 0 Å². The minimum atomic E-state index is -0.345. The number of halogens is 1. The summed E-state index contributed by atoms with van der Waals surface area (Å²) in [6.45, 7) is 2.83. The Hall–Kier alpha value is -2.80. The van der Waals surface area contributed by atoms with Gasteiger partial charge in [-0.2, -0.15) is 0 Å². The van der Waals surface area contributed by atoms with E-state index in [1.807, 2.05) is 6.07 Å². The van der Waals surface area contributed by atoms with Crippen molar-refractivity contribution in [3.63, 3.8) is 0 Å². The number of carbonyl (C=O) groups excluding carboxylic acids is 1. The molecule has 1 aliphatic heterocycles. The maximum Gasteiger partial charge on any atom is 0.286 e. The summed E-state index contributed by atoms with van der Waals surface area (Å²) in [6.07, 6.45) is 2.17. The first-order valence-electron chi connectivity index (χ1n) is 8.84. The fourth-order valence-electron chi connectivity index (χ4n) is 3.27. The Morgan fingerprint density at radius 3 is 2.81 bits per heavy atom. The van der Waals surface area contributed by atoms with Gasteiger partial charge in [-0.25, -0.2) is 4.39 Å². The van der Waals surface area contributed by atoms with E-state index in [0.717, 1.165) is 17.8 Å². The molecule has 2 aromatic carbocycles.